The molecule has 0 heterocycles. The smallest absolute Gasteiger partial charge is 0.266 e. The Morgan fingerprint density at radius 2 is 1.80 bits per heavy atom. The van der Waals surface area contributed by atoms with Gasteiger partial charge in [-0.05, 0) is 81.3 Å². The number of nitrogens with one attached hydrogen (secondary N) is 1. The zero-order valence-electron chi connectivity index (χ0n) is 19.3. The summed E-state index contributed by atoms with van der Waals surface area (Å²) < 4.78 is 12.6. The number of amides is 1. The van der Waals surface area contributed by atoms with Crippen molar-refractivity contribution in [3.63, 3.8) is 0 Å². The first-order valence-corrected chi connectivity index (χ1v) is 12.0. The summed E-state index contributed by atoms with van der Waals surface area (Å²) in [5.74, 6) is 0.674. The summed E-state index contributed by atoms with van der Waals surface area (Å²) in [6.07, 6.45) is 1.55. The molecule has 35 heavy (non-hydrogen) atoms. The van der Waals surface area contributed by atoms with E-state index >= 15 is 0 Å². The summed E-state index contributed by atoms with van der Waals surface area (Å²) in [5, 5.41) is 14.7. The van der Waals surface area contributed by atoms with Crippen LogP contribution in [0, 0.1) is 21.8 Å². The Labute approximate surface area is 218 Å². The van der Waals surface area contributed by atoms with Gasteiger partial charge >= 0.3 is 0 Å². The number of aryl methyl sites for hydroxylation is 1. The summed E-state index contributed by atoms with van der Waals surface area (Å²) in [6, 6.07) is 27.4. The molecular formula is C29H23IN2O3. The van der Waals surface area contributed by atoms with Crippen molar-refractivity contribution in [3.05, 3.63) is 105 Å². The third-order valence-corrected chi connectivity index (χ3v) is 6.37. The van der Waals surface area contributed by atoms with Gasteiger partial charge in [0.1, 0.15) is 18.2 Å². The maximum atomic E-state index is 12.7. The van der Waals surface area contributed by atoms with Crippen LogP contribution in [0.25, 0.3) is 16.8 Å². The summed E-state index contributed by atoms with van der Waals surface area (Å²) in [4.78, 5) is 12.7. The van der Waals surface area contributed by atoms with Crippen LogP contribution in [0.5, 0.6) is 11.5 Å². The number of carbonyl (C=O) groups is 1. The number of anilines is 1. The number of halogens is 1. The van der Waals surface area contributed by atoms with E-state index < -0.39 is 5.91 Å². The van der Waals surface area contributed by atoms with Crippen molar-refractivity contribution in [1.82, 2.24) is 0 Å². The van der Waals surface area contributed by atoms with E-state index in [2.05, 4.69) is 46.1 Å². The highest BCUT2D eigenvalue weighted by molar-refractivity contribution is 14.1. The van der Waals surface area contributed by atoms with Crippen LogP contribution in [0.3, 0.4) is 0 Å². The standard InChI is InChI=1S/C29H23IN2O3/c1-19-8-3-6-13-26(19)32-29(33)23(17-31)14-20-15-25(30)28(27(16-20)34-2)35-18-22-11-7-10-21-9-4-5-12-24(21)22/h3-16H,18H2,1-2H3,(H,32,33)/b23-14-. The van der Waals surface area contributed by atoms with Gasteiger partial charge in [-0.1, -0.05) is 60.7 Å². The minimum absolute atomic E-state index is 0.00414. The van der Waals surface area contributed by atoms with Gasteiger partial charge in [-0.25, -0.2) is 0 Å². The van der Waals surface area contributed by atoms with Crippen LogP contribution in [0.1, 0.15) is 16.7 Å². The molecule has 4 aromatic rings. The minimum Gasteiger partial charge on any atom is -0.493 e. The Kier molecular flexibility index (Phi) is 7.68. The average molecular weight is 574 g/mol. The highest BCUT2D eigenvalue weighted by atomic mass is 127. The summed E-state index contributed by atoms with van der Waals surface area (Å²) >= 11 is 2.18. The van der Waals surface area contributed by atoms with Crippen LogP contribution in [0.2, 0.25) is 0 Å². The second kappa shape index (κ2) is 11.1. The molecule has 0 saturated heterocycles. The Bertz CT molecular complexity index is 1470. The normalized spacial score (nSPS) is 11.1. The van der Waals surface area contributed by atoms with E-state index in [1.165, 1.54) is 0 Å². The highest BCUT2D eigenvalue weighted by Crippen LogP contribution is 2.35. The van der Waals surface area contributed by atoms with Gasteiger partial charge in [-0.2, -0.15) is 5.26 Å². The number of benzene rings is 4. The van der Waals surface area contributed by atoms with Gasteiger partial charge in [0.2, 0.25) is 0 Å². The van der Waals surface area contributed by atoms with Crippen molar-refractivity contribution in [1.29, 1.82) is 5.26 Å². The molecule has 0 fully saturated rings. The minimum atomic E-state index is -0.466. The lowest BCUT2D eigenvalue weighted by Crippen LogP contribution is -2.14. The molecule has 5 nitrogen and oxygen atoms in total. The Morgan fingerprint density at radius 1 is 1.06 bits per heavy atom. The van der Waals surface area contributed by atoms with E-state index in [0.29, 0.717) is 29.4 Å². The van der Waals surface area contributed by atoms with E-state index in [9.17, 15) is 10.1 Å². The summed E-state index contributed by atoms with van der Waals surface area (Å²) in [7, 11) is 1.57. The second-order valence-corrected chi connectivity index (χ2v) is 9.06. The van der Waals surface area contributed by atoms with Crippen molar-refractivity contribution in [3.8, 4) is 17.6 Å². The topological polar surface area (TPSA) is 71.3 Å². The van der Waals surface area contributed by atoms with Crippen LogP contribution < -0.4 is 14.8 Å². The Hall–Kier alpha value is -3.83. The van der Waals surface area contributed by atoms with Gasteiger partial charge in [-0.15, -0.1) is 0 Å². The number of ether oxygens (including phenoxy) is 2. The predicted octanol–water partition coefficient (Wildman–Crippen LogP) is 6.89. The predicted molar refractivity (Wildman–Crippen MR) is 147 cm³/mol. The van der Waals surface area contributed by atoms with Crippen molar-refractivity contribution in [2.75, 3.05) is 12.4 Å². The van der Waals surface area contributed by atoms with Crippen LogP contribution >= 0.6 is 22.6 Å². The molecule has 0 aromatic heterocycles. The lowest BCUT2D eigenvalue weighted by Gasteiger charge is -2.15. The number of rotatable bonds is 7. The van der Waals surface area contributed by atoms with Gasteiger partial charge < -0.3 is 14.8 Å². The molecule has 0 aliphatic heterocycles. The molecule has 0 saturated carbocycles. The number of carbonyl (C=O) groups excluding carboxylic acids is 1. The quantitative estimate of drug-likeness (QED) is 0.148. The molecular weight excluding hydrogens is 551 g/mol. The third kappa shape index (κ3) is 5.64. The van der Waals surface area contributed by atoms with Crippen molar-refractivity contribution in [2.24, 2.45) is 0 Å². The molecule has 174 valence electrons. The largest absolute Gasteiger partial charge is 0.493 e. The SMILES string of the molecule is COc1cc(/C=C(/C#N)C(=O)Nc2ccccc2C)cc(I)c1OCc1cccc2ccccc12. The fourth-order valence-electron chi connectivity index (χ4n) is 3.75. The molecule has 0 spiro atoms. The fourth-order valence-corrected chi connectivity index (χ4v) is 4.53. The number of methoxy groups -OCH3 is 1. The molecule has 6 heteroatoms. The van der Waals surface area contributed by atoms with Crippen LogP contribution in [0.15, 0.2) is 84.4 Å². The molecule has 0 aliphatic carbocycles. The first kappa shape index (κ1) is 24.3. The van der Waals surface area contributed by atoms with E-state index in [4.69, 9.17) is 9.47 Å². The number of para-hydroxylation sites is 1. The molecule has 4 rings (SSSR count). The molecule has 0 aliphatic rings. The summed E-state index contributed by atoms with van der Waals surface area (Å²) in [6.45, 7) is 2.28. The Morgan fingerprint density at radius 3 is 2.57 bits per heavy atom. The molecule has 1 N–H and O–H groups in total. The molecule has 4 aromatic carbocycles. The second-order valence-electron chi connectivity index (χ2n) is 7.90. The lowest BCUT2D eigenvalue weighted by molar-refractivity contribution is -0.112. The number of hydrogen-bond donors (Lipinski definition) is 1. The molecule has 0 bridgehead atoms. The van der Waals surface area contributed by atoms with Gasteiger partial charge in [0.25, 0.3) is 5.91 Å². The lowest BCUT2D eigenvalue weighted by atomic mass is 10.1. The van der Waals surface area contributed by atoms with Crippen molar-refractivity contribution >= 4 is 51.0 Å². The molecule has 1 amide bonds. The Balaban J connectivity index is 1.58. The zero-order valence-corrected chi connectivity index (χ0v) is 21.5. The van der Waals surface area contributed by atoms with Gasteiger partial charge in [0.15, 0.2) is 11.5 Å². The van der Waals surface area contributed by atoms with Gasteiger partial charge in [-0.3, -0.25) is 4.79 Å². The van der Waals surface area contributed by atoms with Crippen molar-refractivity contribution < 1.29 is 14.3 Å². The molecule has 0 radical (unpaired) electrons. The maximum absolute atomic E-state index is 12.7. The number of fused-ring (bicyclic) bond motifs is 1. The highest BCUT2D eigenvalue weighted by Gasteiger charge is 2.15. The van der Waals surface area contributed by atoms with E-state index in [1.54, 1.807) is 25.3 Å². The van der Waals surface area contributed by atoms with Crippen LogP contribution in [0.4, 0.5) is 5.69 Å². The maximum Gasteiger partial charge on any atom is 0.266 e. The van der Waals surface area contributed by atoms with E-state index in [1.807, 2.05) is 61.5 Å². The van der Waals surface area contributed by atoms with Crippen LogP contribution in [-0.4, -0.2) is 13.0 Å². The van der Waals surface area contributed by atoms with Gasteiger partial charge in [0.05, 0.1) is 10.7 Å². The first-order valence-electron chi connectivity index (χ1n) is 11.0. The molecule has 0 atom stereocenters. The number of hydrogen-bond acceptors (Lipinski definition) is 4. The summed E-state index contributed by atoms with van der Waals surface area (Å²) in [5.41, 5.74) is 3.32. The molecule has 0 unspecified atom stereocenters. The fraction of sp³-hybridized carbons (Fsp3) is 0.103. The third-order valence-electron chi connectivity index (χ3n) is 5.57. The first-order chi connectivity index (χ1) is 17.0. The van der Waals surface area contributed by atoms with Gasteiger partial charge in [0, 0.05) is 5.69 Å². The van der Waals surface area contributed by atoms with E-state index in [-0.39, 0.29) is 5.57 Å². The number of nitrogens with zero attached hydrogens (tertiary/aromatic N) is 1. The van der Waals surface area contributed by atoms with Crippen molar-refractivity contribution in [2.45, 2.75) is 13.5 Å². The van der Waals surface area contributed by atoms with Crippen LogP contribution in [-0.2, 0) is 11.4 Å². The zero-order chi connectivity index (χ0) is 24.8. The number of nitriles is 1. The monoisotopic (exact) mass is 574 g/mol. The average Bonchev–Trinajstić information content (AvgIpc) is 2.87. The van der Waals surface area contributed by atoms with E-state index in [0.717, 1.165) is 25.5 Å².